The highest BCUT2D eigenvalue weighted by Crippen LogP contribution is 2.39. The van der Waals surface area contributed by atoms with E-state index in [0.29, 0.717) is 5.88 Å². The van der Waals surface area contributed by atoms with Crippen LogP contribution >= 0.6 is 0 Å². The largest absolute Gasteiger partial charge is 0.471 e. The Morgan fingerprint density at radius 2 is 2.00 bits per heavy atom. The number of hydrogen-bond acceptors (Lipinski definition) is 6. The maximum atomic E-state index is 6.08. The monoisotopic (exact) mass is 380 g/mol. The number of likely N-dealkylation sites (N-methyl/N-ethyl adjacent to an activating group) is 1. The molecule has 1 atom stereocenters. The molecule has 2 N–H and O–H groups in total. The number of nitrogens with zero attached hydrogens (tertiary/aromatic N) is 4. The summed E-state index contributed by atoms with van der Waals surface area (Å²) in [6.45, 7) is 8.45. The number of pyridine rings is 1. The van der Waals surface area contributed by atoms with Crippen LogP contribution < -0.4 is 10.1 Å². The Balaban J connectivity index is 1.51. The molecule has 0 spiro atoms. The van der Waals surface area contributed by atoms with Gasteiger partial charge in [-0.05, 0) is 44.9 Å². The number of rotatable bonds is 4. The van der Waals surface area contributed by atoms with E-state index in [1.165, 1.54) is 5.70 Å². The summed E-state index contributed by atoms with van der Waals surface area (Å²) >= 11 is 0. The van der Waals surface area contributed by atoms with E-state index in [-0.39, 0.29) is 11.8 Å². The normalized spacial score (nSPS) is 24.8. The molecule has 7 nitrogen and oxygen atoms in total. The molecule has 3 aliphatic rings. The van der Waals surface area contributed by atoms with E-state index in [9.17, 15) is 0 Å². The number of H-pyrrole nitrogens is 1. The standard InChI is InChI=1S/C21H28N6O/c1-14-12-15(13-18(26(14)3)27-10-8-22-9-11-27)19-20-16(24-25-19)4-5-17(23-20)28-21(2)6-7-21/h4-5,12-13,18,22H,6-11H2,1-3H3,(H,24,25). The molecular formula is C21H28N6O. The van der Waals surface area contributed by atoms with Crippen molar-refractivity contribution >= 4 is 16.6 Å². The third kappa shape index (κ3) is 3.18. The van der Waals surface area contributed by atoms with E-state index >= 15 is 0 Å². The first-order chi connectivity index (χ1) is 13.5. The SMILES string of the molecule is CC1=CC(c2n[nH]c3ccc(OC4(C)CC4)nc23)=CC(N2CCNCC2)N1C. The van der Waals surface area contributed by atoms with Crippen molar-refractivity contribution in [2.75, 3.05) is 33.2 Å². The highest BCUT2D eigenvalue weighted by molar-refractivity contribution is 5.91. The molecule has 148 valence electrons. The topological polar surface area (TPSA) is 69.3 Å². The van der Waals surface area contributed by atoms with Gasteiger partial charge in [-0.15, -0.1) is 0 Å². The van der Waals surface area contributed by atoms with Gasteiger partial charge in [0.1, 0.15) is 23.0 Å². The number of ether oxygens (including phenoxy) is 1. The van der Waals surface area contributed by atoms with Crippen molar-refractivity contribution in [3.8, 4) is 5.88 Å². The Morgan fingerprint density at radius 3 is 2.75 bits per heavy atom. The Morgan fingerprint density at radius 1 is 1.21 bits per heavy atom. The molecule has 7 heteroatoms. The molecule has 0 aromatic carbocycles. The summed E-state index contributed by atoms with van der Waals surface area (Å²) in [5.74, 6) is 0.683. The first-order valence-corrected chi connectivity index (χ1v) is 10.1. The number of allylic oxidation sites excluding steroid dienone is 3. The van der Waals surface area contributed by atoms with E-state index in [2.05, 4.69) is 58.4 Å². The maximum absolute atomic E-state index is 6.08. The number of aromatic amines is 1. The average Bonchev–Trinajstić information content (AvgIpc) is 3.27. The summed E-state index contributed by atoms with van der Waals surface area (Å²) in [5, 5.41) is 11.2. The fraction of sp³-hybridized carbons (Fsp3) is 0.524. The predicted octanol–water partition coefficient (Wildman–Crippen LogP) is 2.35. The number of nitrogens with one attached hydrogen (secondary N) is 2. The minimum Gasteiger partial charge on any atom is -0.471 e. The van der Waals surface area contributed by atoms with Gasteiger partial charge in [-0.2, -0.15) is 5.10 Å². The van der Waals surface area contributed by atoms with E-state index in [0.717, 1.165) is 61.3 Å². The molecule has 5 rings (SSSR count). The van der Waals surface area contributed by atoms with Gasteiger partial charge in [0, 0.05) is 50.6 Å². The van der Waals surface area contributed by atoms with Crippen LogP contribution in [0.4, 0.5) is 0 Å². The van der Waals surface area contributed by atoms with Crippen LogP contribution in [0, 0.1) is 0 Å². The highest BCUT2D eigenvalue weighted by Gasteiger charge is 2.40. The van der Waals surface area contributed by atoms with Crippen molar-refractivity contribution in [2.24, 2.45) is 0 Å². The van der Waals surface area contributed by atoms with Gasteiger partial charge in [0.25, 0.3) is 0 Å². The van der Waals surface area contributed by atoms with Crippen LogP contribution in [0.5, 0.6) is 5.88 Å². The minimum atomic E-state index is -0.0404. The Hall–Kier alpha value is -2.38. The van der Waals surface area contributed by atoms with Crippen LogP contribution in [0.1, 0.15) is 32.4 Å². The van der Waals surface area contributed by atoms with E-state index < -0.39 is 0 Å². The summed E-state index contributed by atoms with van der Waals surface area (Å²) in [7, 11) is 2.16. The van der Waals surface area contributed by atoms with Crippen molar-refractivity contribution in [1.82, 2.24) is 30.3 Å². The zero-order valence-electron chi connectivity index (χ0n) is 16.8. The Labute approximate surface area is 165 Å². The molecular weight excluding hydrogens is 352 g/mol. The van der Waals surface area contributed by atoms with Gasteiger partial charge in [0.2, 0.25) is 5.88 Å². The fourth-order valence-corrected chi connectivity index (χ4v) is 3.97. The van der Waals surface area contributed by atoms with Gasteiger partial charge in [0.15, 0.2) is 0 Å². The van der Waals surface area contributed by atoms with Gasteiger partial charge in [0.05, 0.1) is 5.52 Å². The van der Waals surface area contributed by atoms with Crippen LogP contribution in [0.2, 0.25) is 0 Å². The molecule has 0 bridgehead atoms. The van der Waals surface area contributed by atoms with Crippen molar-refractivity contribution in [3.05, 3.63) is 35.7 Å². The number of aromatic nitrogens is 3. The summed E-state index contributed by atoms with van der Waals surface area (Å²) in [6, 6.07) is 3.95. The van der Waals surface area contributed by atoms with Crippen molar-refractivity contribution in [3.63, 3.8) is 0 Å². The quantitative estimate of drug-likeness (QED) is 0.849. The van der Waals surface area contributed by atoms with Gasteiger partial charge < -0.3 is 15.0 Å². The summed E-state index contributed by atoms with van der Waals surface area (Å²) in [5.41, 5.74) is 5.02. The fourth-order valence-electron chi connectivity index (χ4n) is 3.97. The van der Waals surface area contributed by atoms with Gasteiger partial charge in [-0.1, -0.05) is 0 Å². The molecule has 1 unspecified atom stereocenters. The van der Waals surface area contributed by atoms with Crippen LogP contribution in [0.3, 0.4) is 0 Å². The highest BCUT2D eigenvalue weighted by atomic mass is 16.5. The lowest BCUT2D eigenvalue weighted by Crippen LogP contribution is -2.53. The van der Waals surface area contributed by atoms with Crippen molar-refractivity contribution in [1.29, 1.82) is 0 Å². The second kappa shape index (κ2) is 6.60. The molecule has 1 saturated heterocycles. The van der Waals surface area contributed by atoms with Gasteiger partial charge >= 0.3 is 0 Å². The summed E-state index contributed by atoms with van der Waals surface area (Å²) in [6.07, 6.45) is 6.93. The first kappa shape index (κ1) is 17.7. The molecule has 2 aromatic heterocycles. The molecule has 1 saturated carbocycles. The number of piperazine rings is 1. The third-order valence-electron chi connectivity index (χ3n) is 6.13. The van der Waals surface area contributed by atoms with Gasteiger partial charge in [-0.25, -0.2) is 4.98 Å². The third-order valence-corrected chi connectivity index (χ3v) is 6.13. The van der Waals surface area contributed by atoms with Crippen LogP contribution in [-0.4, -0.2) is 70.0 Å². The zero-order valence-corrected chi connectivity index (χ0v) is 16.8. The lowest BCUT2D eigenvalue weighted by molar-refractivity contribution is 0.106. The number of hydrogen-bond donors (Lipinski definition) is 2. The van der Waals surface area contributed by atoms with Crippen LogP contribution in [0.25, 0.3) is 16.6 Å². The van der Waals surface area contributed by atoms with Crippen LogP contribution in [0.15, 0.2) is 30.0 Å². The summed E-state index contributed by atoms with van der Waals surface area (Å²) < 4.78 is 6.08. The van der Waals surface area contributed by atoms with Gasteiger partial charge in [-0.3, -0.25) is 10.00 Å². The first-order valence-electron chi connectivity index (χ1n) is 10.1. The maximum Gasteiger partial charge on any atom is 0.214 e. The van der Waals surface area contributed by atoms with Crippen molar-refractivity contribution in [2.45, 2.75) is 38.5 Å². The summed E-state index contributed by atoms with van der Waals surface area (Å²) in [4.78, 5) is 9.64. The Kier molecular flexibility index (Phi) is 4.17. The zero-order chi connectivity index (χ0) is 19.3. The van der Waals surface area contributed by atoms with Crippen molar-refractivity contribution < 1.29 is 4.74 Å². The van der Waals surface area contributed by atoms with E-state index in [1.807, 2.05) is 12.1 Å². The second-order valence-electron chi connectivity index (χ2n) is 8.39. The predicted molar refractivity (Wildman–Crippen MR) is 110 cm³/mol. The molecule has 2 aromatic rings. The molecule has 2 fully saturated rings. The molecule has 0 radical (unpaired) electrons. The van der Waals surface area contributed by atoms with Crippen LogP contribution in [-0.2, 0) is 0 Å². The Bertz CT molecular complexity index is 951. The smallest absolute Gasteiger partial charge is 0.214 e. The lowest BCUT2D eigenvalue weighted by atomic mass is 10.0. The van der Waals surface area contributed by atoms with E-state index in [4.69, 9.17) is 9.72 Å². The molecule has 1 aliphatic carbocycles. The lowest BCUT2D eigenvalue weighted by Gasteiger charge is -2.41. The molecule has 28 heavy (non-hydrogen) atoms. The molecule has 0 amide bonds. The average molecular weight is 380 g/mol. The minimum absolute atomic E-state index is 0.0404. The molecule has 2 aliphatic heterocycles. The second-order valence-corrected chi connectivity index (χ2v) is 8.39. The van der Waals surface area contributed by atoms with E-state index in [1.54, 1.807) is 0 Å². The molecule has 4 heterocycles. The number of fused-ring (bicyclic) bond motifs is 1.